The lowest BCUT2D eigenvalue weighted by atomic mass is 9.92. The first-order chi connectivity index (χ1) is 8.49. The number of hydrogen-bond acceptors (Lipinski definition) is 4. The highest BCUT2D eigenvalue weighted by Crippen LogP contribution is 2.32. The van der Waals surface area contributed by atoms with Crippen LogP contribution in [0.5, 0.6) is 0 Å². The van der Waals surface area contributed by atoms with E-state index in [2.05, 4.69) is 4.98 Å². The zero-order valence-electron chi connectivity index (χ0n) is 10.0. The minimum Gasteiger partial charge on any atom is -0.396 e. The topological polar surface area (TPSA) is 90.9 Å². The van der Waals surface area contributed by atoms with Crippen molar-refractivity contribution in [1.29, 1.82) is 0 Å². The smallest absolute Gasteiger partial charge is 0.149 e. The zero-order valence-corrected chi connectivity index (χ0v) is 10.0. The van der Waals surface area contributed by atoms with Gasteiger partial charge in [0, 0.05) is 5.92 Å². The number of halogens is 1. The zero-order chi connectivity index (χ0) is 13.3. The quantitative estimate of drug-likeness (QED) is 0.757. The largest absolute Gasteiger partial charge is 0.396 e. The van der Waals surface area contributed by atoms with E-state index in [-0.39, 0.29) is 17.6 Å². The molecule has 94 valence electrons. The van der Waals surface area contributed by atoms with Crippen molar-refractivity contribution >= 4 is 17.3 Å². The first-order valence-electron chi connectivity index (χ1n) is 5.56. The average Bonchev–Trinajstić information content (AvgIpc) is 2.34. The summed E-state index contributed by atoms with van der Waals surface area (Å²) < 4.78 is 12.9. The summed E-state index contributed by atoms with van der Waals surface area (Å²) in [4.78, 5) is 3.89. The van der Waals surface area contributed by atoms with E-state index in [4.69, 9.17) is 17.2 Å². The van der Waals surface area contributed by atoms with Crippen molar-refractivity contribution in [3.05, 3.63) is 47.3 Å². The molecule has 1 unspecified atom stereocenters. The third-order valence-corrected chi connectivity index (χ3v) is 2.98. The van der Waals surface area contributed by atoms with Gasteiger partial charge in [-0.05, 0) is 29.3 Å². The van der Waals surface area contributed by atoms with Gasteiger partial charge >= 0.3 is 0 Å². The molecule has 6 N–H and O–H groups in total. The summed E-state index contributed by atoms with van der Waals surface area (Å²) in [6, 6.07) is 7.95. The summed E-state index contributed by atoms with van der Waals surface area (Å²) in [6.07, 6.45) is 0. The summed E-state index contributed by atoms with van der Waals surface area (Å²) >= 11 is 0. The Morgan fingerprint density at radius 1 is 1.11 bits per heavy atom. The summed E-state index contributed by atoms with van der Waals surface area (Å²) in [5.41, 5.74) is 19.4. The third-order valence-electron chi connectivity index (χ3n) is 2.98. The maximum Gasteiger partial charge on any atom is 0.149 e. The number of nitrogens with zero attached hydrogens (tertiary/aromatic N) is 1. The van der Waals surface area contributed by atoms with Crippen LogP contribution in [0.4, 0.5) is 21.7 Å². The minimum absolute atomic E-state index is 0.0294. The van der Waals surface area contributed by atoms with E-state index in [1.165, 1.54) is 12.1 Å². The summed E-state index contributed by atoms with van der Waals surface area (Å²) in [6.45, 7) is 1.96. The molecule has 2 aromatic rings. The summed E-state index contributed by atoms with van der Waals surface area (Å²) in [5, 5.41) is 0. The van der Waals surface area contributed by atoms with Crippen molar-refractivity contribution in [3.63, 3.8) is 0 Å². The molecule has 1 atom stereocenters. The molecule has 18 heavy (non-hydrogen) atoms. The molecule has 0 bridgehead atoms. The maximum absolute atomic E-state index is 12.9. The van der Waals surface area contributed by atoms with Crippen molar-refractivity contribution in [1.82, 2.24) is 4.98 Å². The van der Waals surface area contributed by atoms with Crippen LogP contribution in [0.3, 0.4) is 0 Å². The number of aromatic nitrogens is 1. The van der Waals surface area contributed by atoms with Crippen molar-refractivity contribution in [3.8, 4) is 0 Å². The van der Waals surface area contributed by atoms with E-state index in [1.54, 1.807) is 18.2 Å². The third kappa shape index (κ3) is 2.20. The Kier molecular flexibility index (Phi) is 3.06. The number of rotatable bonds is 2. The Balaban J connectivity index is 2.45. The lowest BCUT2D eigenvalue weighted by Crippen LogP contribution is -2.08. The second-order valence-corrected chi connectivity index (χ2v) is 4.21. The number of pyridine rings is 1. The maximum atomic E-state index is 12.9. The predicted molar refractivity (Wildman–Crippen MR) is 71.4 cm³/mol. The molecule has 4 nitrogen and oxygen atoms in total. The molecule has 0 aliphatic heterocycles. The number of nitrogens with two attached hydrogens (primary N) is 3. The molecule has 5 heteroatoms. The molecular weight excluding hydrogens is 231 g/mol. The number of anilines is 3. The van der Waals surface area contributed by atoms with Crippen molar-refractivity contribution < 1.29 is 4.39 Å². The average molecular weight is 246 g/mol. The Labute approximate surface area is 105 Å². The van der Waals surface area contributed by atoms with Gasteiger partial charge < -0.3 is 17.2 Å². The van der Waals surface area contributed by atoms with Crippen molar-refractivity contribution in [2.24, 2.45) is 0 Å². The molecular formula is C13H15FN4. The normalized spacial score (nSPS) is 12.3. The van der Waals surface area contributed by atoms with Gasteiger partial charge in [0.15, 0.2) is 0 Å². The second-order valence-electron chi connectivity index (χ2n) is 4.21. The second kappa shape index (κ2) is 4.52. The Morgan fingerprint density at radius 2 is 1.72 bits per heavy atom. The van der Waals surface area contributed by atoms with Crippen LogP contribution in [-0.4, -0.2) is 4.98 Å². The Hall–Kier alpha value is -2.30. The molecule has 0 amide bonds. The van der Waals surface area contributed by atoms with E-state index in [9.17, 15) is 4.39 Å². The molecule has 0 spiro atoms. The van der Waals surface area contributed by atoms with Crippen molar-refractivity contribution in [2.75, 3.05) is 17.2 Å². The standard InChI is InChI=1S/C13H15FN4/c1-7(8-2-4-9(14)5-3-8)10-6-11(15)18-13(17)12(10)16/h2-7H,16H2,1H3,(H4,15,17,18). The van der Waals surface area contributed by atoms with Gasteiger partial charge in [-0.3, -0.25) is 0 Å². The van der Waals surface area contributed by atoms with Crippen LogP contribution in [0.15, 0.2) is 30.3 Å². The van der Waals surface area contributed by atoms with Gasteiger partial charge in [-0.2, -0.15) is 0 Å². The van der Waals surface area contributed by atoms with Crippen LogP contribution in [0.2, 0.25) is 0 Å². The Bertz CT molecular complexity index is 566. The molecule has 1 aromatic heterocycles. The summed E-state index contributed by atoms with van der Waals surface area (Å²) in [7, 11) is 0. The van der Waals surface area contributed by atoms with E-state index >= 15 is 0 Å². The van der Waals surface area contributed by atoms with Gasteiger partial charge in [-0.1, -0.05) is 19.1 Å². The fraction of sp³-hybridized carbons (Fsp3) is 0.154. The number of hydrogen-bond donors (Lipinski definition) is 3. The van der Waals surface area contributed by atoms with Crippen LogP contribution in [-0.2, 0) is 0 Å². The van der Waals surface area contributed by atoms with Crippen LogP contribution >= 0.6 is 0 Å². The first-order valence-corrected chi connectivity index (χ1v) is 5.56. The van der Waals surface area contributed by atoms with Crippen LogP contribution in [0.1, 0.15) is 24.0 Å². The van der Waals surface area contributed by atoms with Crippen LogP contribution < -0.4 is 17.2 Å². The lowest BCUT2D eigenvalue weighted by molar-refractivity contribution is 0.626. The number of nitrogen functional groups attached to an aromatic ring is 3. The van der Waals surface area contributed by atoms with Gasteiger partial charge in [0.05, 0.1) is 5.69 Å². The molecule has 0 saturated heterocycles. The van der Waals surface area contributed by atoms with Gasteiger partial charge in [-0.25, -0.2) is 9.37 Å². The van der Waals surface area contributed by atoms with Gasteiger partial charge in [0.2, 0.25) is 0 Å². The van der Waals surface area contributed by atoms with E-state index in [0.29, 0.717) is 11.5 Å². The fourth-order valence-corrected chi connectivity index (χ4v) is 1.91. The fourth-order valence-electron chi connectivity index (χ4n) is 1.91. The molecule has 0 aliphatic carbocycles. The molecule has 1 aromatic carbocycles. The monoisotopic (exact) mass is 246 g/mol. The molecule has 0 fully saturated rings. The predicted octanol–water partition coefficient (Wildman–Crippen LogP) is 2.12. The SMILES string of the molecule is CC(c1ccc(F)cc1)c1cc(N)nc(N)c1N. The minimum atomic E-state index is -0.271. The van der Waals surface area contributed by atoms with Gasteiger partial charge in [-0.15, -0.1) is 0 Å². The van der Waals surface area contributed by atoms with Gasteiger partial charge in [0.1, 0.15) is 17.5 Å². The number of benzene rings is 1. The van der Waals surface area contributed by atoms with E-state index in [0.717, 1.165) is 11.1 Å². The molecule has 0 aliphatic rings. The van der Waals surface area contributed by atoms with E-state index in [1.807, 2.05) is 6.92 Å². The highest BCUT2D eigenvalue weighted by molar-refractivity contribution is 5.68. The van der Waals surface area contributed by atoms with Crippen LogP contribution in [0.25, 0.3) is 0 Å². The van der Waals surface area contributed by atoms with E-state index < -0.39 is 0 Å². The summed E-state index contributed by atoms with van der Waals surface area (Å²) in [5.74, 6) is 0.246. The van der Waals surface area contributed by atoms with Gasteiger partial charge in [0.25, 0.3) is 0 Å². The molecule has 0 radical (unpaired) electrons. The highest BCUT2D eigenvalue weighted by atomic mass is 19.1. The Morgan fingerprint density at radius 3 is 2.33 bits per heavy atom. The molecule has 0 saturated carbocycles. The molecule has 1 heterocycles. The molecule has 2 rings (SSSR count). The lowest BCUT2D eigenvalue weighted by Gasteiger charge is -2.16. The van der Waals surface area contributed by atoms with Crippen molar-refractivity contribution in [2.45, 2.75) is 12.8 Å². The highest BCUT2D eigenvalue weighted by Gasteiger charge is 2.15. The van der Waals surface area contributed by atoms with Crippen LogP contribution in [0, 0.1) is 5.82 Å². The first kappa shape index (κ1) is 12.2.